The molecule has 0 radical (unpaired) electrons. The highest BCUT2D eigenvalue weighted by Gasteiger charge is 2.27. The number of methoxy groups -OCH3 is 1. The van der Waals surface area contributed by atoms with Crippen LogP contribution in [0.15, 0.2) is 36.4 Å². The number of amides is 2. The Kier molecular flexibility index (Phi) is 7.05. The summed E-state index contributed by atoms with van der Waals surface area (Å²) in [6, 6.07) is 11.3. The van der Waals surface area contributed by atoms with Crippen LogP contribution in [-0.2, 0) is 16.1 Å². The van der Waals surface area contributed by atoms with Gasteiger partial charge in [-0.3, -0.25) is 4.79 Å². The van der Waals surface area contributed by atoms with Gasteiger partial charge in [0, 0.05) is 13.6 Å². The minimum absolute atomic E-state index is 0.0478. The van der Waals surface area contributed by atoms with Crippen molar-refractivity contribution in [2.24, 2.45) is 5.92 Å². The van der Waals surface area contributed by atoms with E-state index in [1.807, 2.05) is 44.2 Å². The molecule has 0 aliphatic carbocycles. The third kappa shape index (κ3) is 5.36. The van der Waals surface area contributed by atoms with Gasteiger partial charge in [0.25, 0.3) is 0 Å². The summed E-state index contributed by atoms with van der Waals surface area (Å²) >= 11 is 0. The van der Waals surface area contributed by atoms with Crippen LogP contribution in [0.5, 0.6) is 5.75 Å². The SMILES string of the molecule is CCOC(=O)NC(C(=O)N(C)Cc1ccc2cc(OC)ccc2c1)C(C)C. The average Bonchev–Trinajstić information content (AvgIpc) is 2.65. The average molecular weight is 372 g/mol. The van der Waals surface area contributed by atoms with Crippen LogP contribution >= 0.6 is 0 Å². The van der Waals surface area contributed by atoms with E-state index in [-0.39, 0.29) is 18.4 Å². The summed E-state index contributed by atoms with van der Waals surface area (Å²) in [5, 5.41) is 4.82. The van der Waals surface area contributed by atoms with E-state index < -0.39 is 12.1 Å². The fourth-order valence-corrected chi connectivity index (χ4v) is 2.90. The maximum absolute atomic E-state index is 12.8. The topological polar surface area (TPSA) is 67.9 Å². The van der Waals surface area contributed by atoms with E-state index >= 15 is 0 Å². The fraction of sp³-hybridized carbons (Fsp3) is 0.429. The van der Waals surface area contributed by atoms with Crippen molar-refractivity contribution in [2.75, 3.05) is 20.8 Å². The lowest BCUT2D eigenvalue weighted by Crippen LogP contribution is -2.50. The molecule has 146 valence electrons. The highest BCUT2D eigenvalue weighted by Crippen LogP contribution is 2.22. The number of rotatable bonds is 7. The van der Waals surface area contributed by atoms with Gasteiger partial charge in [0.2, 0.25) is 5.91 Å². The Morgan fingerprint density at radius 2 is 1.78 bits per heavy atom. The largest absolute Gasteiger partial charge is 0.497 e. The van der Waals surface area contributed by atoms with E-state index in [9.17, 15) is 9.59 Å². The molecule has 0 bridgehead atoms. The lowest BCUT2D eigenvalue weighted by atomic mass is 10.0. The van der Waals surface area contributed by atoms with Crippen molar-refractivity contribution in [2.45, 2.75) is 33.4 Å². The first-order valence-electron chi connectivity index (χ1n) is 9.10. The summed E-state index contributed by atoms with van der Waals surface area (Å²) in [5.74, 6) is 0.619. The minimum Gasteiger partial charge on any atom is -0.497 e. The van der Waals surface area contributed by atoms with E-state index in [2.05, 4.69) is 11.4 Å². The number of likely N-dealkylation sites (N-methyl/N-ethyl adjacent to an activating group) is 1. The molecule has 0 aromatic heterocycles. The number of carbonyl (C=O) groups excluding carboxylic acids is 2. The molecule has 2 rings (SSSR count). The van der Waals surface area contributed by atoms with Gasteiger partial charge in [0.05, 0.1) is 13.7 Å². The van der Waals surface area contributed by atoms with Gasteiger partial charge in [-0.25, -0.2) is 4.79 Å². The first-order valence-corrected chi connectivity index (χ1v) is 9.10. The number of alkyl carbamates (subject to hydrolysis) is 1. The molecule has 0 aliphatic rings. The molecular formula is C21H28N2O4. The molecule has 2 aromatic rings. The van der Waals surface area contributed by atoms with Crippen molar-refractivity contribution < 1.29 is 19.1 Å². The lowest BCUT2D eigenvalue weighted by Gasteiger charge is -2.27. The third-order valence-corrected chi connectivity index (χ3v) is 4.39. The van der Waals surface area contributed by atoms with Crippen molar-refractivity contribution in [3.05, 3.63) is 42.0 Å². The molecule has 0 saturated heterocycles. The second-order valence-electron chi connectivity index (χ2n) is 6.83. The number of hydrogen-bond acceptors (Lipinski definition) is 4. The summed E-state index contributed by atoms with van der Waals surface area (Å²) in [4.78, 5) is 26.2. The summed E-state index contributed by atoms with van der Waals surface area (Å²) in [6.07, 6.45) is -0.572. The van der Waals surface area contributed by atoms with E-state index in [1.54, 1.807) is 26.0 Å². The fourth-order valence-electron chi connectivity index (χ4n) is 2.90. The molecule has 27 heavy (non-hydrogen) atoms. The van der Waals surface area contributed by atoms with Gasteiger partial charge in [-0.1, -0.05) is 32.0 Å². The third-order valence-electron chi connectivity index (χ3n) is 4.39. The van der Waals surface area contributed by atoms with Gasteiger partial charge in [-0.05, 0) is 47.4 Å². The zero-order chi connectivity index (χ0) is 20.0. The van der Waals surface area contributed by atoms with Gasteiger partial charge in [0.15, 0.2) is 0 Å². The maximum Gasteiger partial charge on any atom is 0.407 e. The molecular weight excluding hydrogens is 344 g/mol. The highest BCUT2D eigenvalue weighted by molar-refractivity contribution is 5.86. The Bertz CT molecular complexity index is 804. The lowest BCUT2D eigenvalue weighted by molar-refractivity contribution is -0.133. The Hall–Kier alpha value is -2.76. The zero-order valence-electron chi connectivity index (χ0n) is 16.6. The minimum atomic E-state index is -0.626. The van der Waals surface area contributed by atoms with Crippen LogP contribution in [0.2, 0.25) is 0 Å². The molecule has 6 heteroatoms. The second kappa shape index (κ2) is 9.26. The number of hydrogen-bond donors (Lipinski definition) is 1. The van der Waals surface area contributed by atoms with Gasteiger partial charge < -0.3 is 19.7 Å². The molecule has 0 fully saturated rings. The van der Waals surface area contributed by atoms with E-state index in [4.69, 9.17) is 9.47 Å². The van der Waals surface area contributed by atoms with Crippen LogP contribution in [0.25, 0.3) is 10.8 Å². The normalized spacial score (nSPS) is 11.9. The van der Waals surface area contributed by atoms with Crippen molar-refractivity contribution in [1.29, 1.82) is 0 Å². The molecule has 2 amide bonds. The second-order valence-corrected chi connectivity index (χ2v) is 6.83. The number of nitrogens with zero attached hydrogens (tertiary/aromatic N) is 1. The summed E-state index contributed by atoms with van der Waals surface area (Å²) in [5.41, 5.74) is 1.02. The summed E-state index contributed by atoms with van der Waals surface area (Å²) in [6.45, 7) is 6.24. The predicted octanol–water partition coefficient (Wildman–Crippen LogP) is 3.58. The number of nitrogens with one attached hydrogen (secondary N) is 1. The first kappa shape index (κ1) is 20.6. The Morgan fingerprint density at radius 3 is 2.41 bits per heavy atom. The molecule has 0 heterocycles. The molecule has 0 saturated carbocycles. The van der Waals surface area contributed by atoms with Crippen molar-refractivity contribution in [3.63, 3.8) is 0 Å². The summed E-state index contributed by atoms with van der Waals surface area (Å²) < 4.78 is 10.2. The Labute approximate surface area is 160 Å². The summed E-state index contributed by atoms with van der Waals surface area (Å²) in [7, 11) is 3.38. The standard InChI is InChI=1S/C21H28N2O4/c1-6-27-21(25)22-19(14(2)3)20(24)23(4)13-15-7-8-17-12-18(26-5)10-9-16(17)11-15/h7-12,14,19H,6,13H2,1-5H3,(H,22,25). The van der Waals surface area contributed by atoms with E-state index in [0.717, 1.165) is 22.1 Å². The van der Waals surface area contributed by atoms with E-state index in [0.29, 0.717) is 6.54 Å². The molecule has 2 aromatic carbocycles. The van der Waals surface area contributed by atoms with Crippen molar-refractivity contribution in [3.8, 4) is 5.75 Å². The number of carbonyl (C=O) groups is 2. The zero-order valence-corrected chi connectivity index (χ0v) is 16.6. The molecule has 6 nitrogen and oxygen atoms in total. The number of ether oxygens (including phenoxy) is 2. The van der Waals surface area contributed by atoms with Crippen LogP contribution in [0.4, 0.5) is 4.79 Å². The van der Waals surface area contributed by atoms with Gasteiger partial charge in [0.1, 0.15) is 11.8 Å². The van der Waals surface area contributed by atoms with Gasteiger partial charge >= 0.3 is 6.09 Å². The highest BCUT2D eigenvalue weighted by atomic mass is 16.5. The van der Waals surface area contributed by atoms with Crippen LogP contribution < -0.4 is 10.1 Å². The van der Waals surface area contributed by atoms with Crippen molar-refractivity contribution in [1.82, 2.24) is 10.2 Å². The van der Waals surface area contributed by atoms with Crippen molar-refractivity contribution >= 4 is 22.8 Å². The molecule has 1 atom stereocenters. The first-order chi connectivity index (χ1) is 12.8. The quantitative estimate of drug-likeness (QED) is 0.807. The van der Waals surface area contributed by atoms with Crippen LogP contribution in [0.1, 0.15) is 26.3 Å². The number of benzene rings is 2. The molecule has 0 spiro atoms. The molecule has 0 aliphatic heterocycles. The van der Waals surface area contributed by atoms with Crippen LogP contribution in [-0.4, -0.2) is 43.7 Å². The van der Waals surface area contributed by atoms with Crippen LogP contribution in [0, 0.1) is 5.92 Å². The van der Waals surface area contributed by atoms with E-state index in [1.165, 1.54) is 0 Å². The van der Waals surface area contributed by atoms with Gasteiger partial charge in [-0.2, -0.15) is 0 Å². The molecule has 1 unspecified atom stereocenters. The van der Waals surface area contributed by atoms with Crippen LogP contribution in [0.3, 0.4) is 0 Å². The monoisotopic (exact) mass is 372 g/mol. The maximum atomic E-state index is 12.8. The number of fused-ring (bicyclic) bond motifs is 1. The predicted molar refractivity (Wildman–Crippen MR) is 106 cm³/mol. The van der Waals surface area contributed by atoms with Gasteiger partial charge in [-0.15, -0.1) is 0 Å². The Balaban J connectivity index is 2.11. The molecule has 1 N–H and O–H groups in total. The Morgan fingerprint density at radius 1 is 1.11 bits per heavy atom. The smallest absolute Gasteiger partial charge is 0.407 e.